The third-order valence-electron chi connectivity index (χ3n) is 2.77. The van der Waals surface area contributed by atoms with Crippen LogP contribution in [0.4, 0.5) is 0 Å². The molecule has 1 fully saturated rings. The smallest absolute Gasteiger partial charge is 0.0909 e. The predicted octanol–water partition coefficient (Wildman–Crippen LogP) is 2.55. The summed E-state index contributed by atoms with van der Waals surface area (Å²) >= 11 is 0. The fourth-order valence-electron chi connectivity index (χ4n) is 1.90. The van der Waals surface area contributed by atoms with Crippen molar-refractivity contribution in [3.8, 4) is 0 Å². The molecule has 1 aliphatic rings. The first kappa shape index (κ1) is 10.4. The lowest BCUT2D eigenvalue weighted by Gasteiger charge is -2.24. The van der Waals surface area contributed by atoms with Crippen LogP contribution in [0.3, 0.4) is 0 Å². The van der Waals surface area contributed by atoms with E-state index in [4.69, 9.17) is 0 Å². The number of nitrogens with zero attached hydrogens (tertiary/aromatic N) is 2. The molecule has 2 rings (SSSR count). The molecule has 2 heteroatoms. The fraction of sp³-hybridized carbons (Fsp3) is 0.462. The van der Waals surface area contributed by atoms with Gasteiger partial charge in [0, 0.05) is 6.21 Å². The first-order valence-corrected chi connectivity index (χ1v) is 5.72. The lowest BCUT2D eigenvalue weighted by atomic mass is 10.1. The summed E-state index contributed by atoms with van der Waals surface area (Å²) in [6.07, 6.45) is 6.02. The standard InChI is InChI=1S/C13H18N2/c1-3-7-13(8-4-1)11-14-12-15-9-5-2-6-10-15/h1,3-4,7-8,11H,2,5-6,9-10,12H2/b14-11+. The van der Waals surface area contributed by atoms with Crippen LogP contribution in [0.1, 0.15) is 24.8 Å². The summed E-state index contributed by atoms with van der Waals surface area (Å²) in [6, 6.07) is 10.3. The zero-order valence-corrected chi connectivity index (χ0v) is 9.10. The summed E-state index contributed by atoms with van der Waals surface area (Å²) in [5.74, 6) is 0. The van der Waals surface area contributed by atoms with Crippen molar-refractivity contribution >= 4 is 6.21 Å². The molecule has 0 N–H and O–H groups in total. The zero-order valence-electron chi connectivity index (χ0n) is 9.10. The Morgan fingerprint density at radius 3 is 2.53 bits per heavy atom. The Bertz CT molecular complexity index is 300. The molecule has 0 aliphatic carbocycles. The van der Waals surface area contributed by atoms with Gasteiger partial charge in [-0.05, 0) is 31.5 Å². The molecule has 0 amide bonds. The number of piperidine rings is 1. The van der Waals surface area contributed by atoms with Gasteiger partial charge in [-0.1, -0.05) is 36.8 Å². The monoisotopic (exact) mass is 202 g/mol. The highest BCUT2D eigenvalue weighted by Crippen LogP contribution is 2.07. The SMILES string of the molecule is C(=N\CN1CCCCC1)/c1ccccc1. The molecule has 2 nitrogen and oxygen atoms in total. The normalized spacial score (nSPS) is 18.4. The largest absolute Gasteiger partial charge is 0.284 e. The summed E-state index contributed by atoms with van der Waals surface area (Å²) in [4.78, 5) is 6.89. The van der Waals surface area contributed by atoms with E-state index in [-0.39, 0.29) is 0 Å². The van der Waals surface area contributed by atoms with Gasteiger partial charge < -0.3 is 0 Å². The second kappa shape index (κ2) is 5.66. The molecule has 0 aromatic heterocycles. The average Bonchev–Trinajstić information content (AvgIpc) is 2.32. The molecule has 80 valence electrons. The van der Waals surface area contributed by atoms with E-state index in [1.165, 1.54) is 37.9 Å². The molecule has 1 saturated heterocycles. The van der Waals surface area contributed by atoms with Crippen LogP contribution in [0.15, 0.2) is 35.3 Å². The van der Waals surface area contributed by atoms with Crippen molar-refractivity contribution in [2.75, 3.05) is 19.8 Å². The molecule has 0 saturated carbocycles. The topological polar surface area (TPSA) is 15.6 Å². The molecule has 0 atom stereocenters. The maximum atomic E-state index is 4.47. The molecule has 1 heterocycles. The van der Waals surface area contributed by atoms with E-state index in [1.807, 2.05) is 24.4 Å². The molecule has 0 bridgehead atoms. The van der Waals surface area contributed by atoms with E-state index in [1.54, 1.807) is 0 Å². The second-order valence-corrected chi connectivity index (χ2v) is 4.04. The van der Waals surface area contributed by atoms with Crippen molar-refractivity contribution in [3.05, 3.63) is 35.9 Å². The summed E-state index contributed by atoms with van der Waals surface area (Å²) in [7, 11) is 0. The molecule has 1 aromatic carbocycles. The molecule has 0 unspecified atom stereocenters. The van der Waals surface area contributed by atoms with Crippen molar-refractivity contribution in [3.63, 3.8) is 0 Å². The number of hydrogen-bond acceptors (Lipinski definition) is 2. The Kier molecular flexibility index (Phi) is 3.92. The minimum Gasteiger partial charge on any atom is -0.284 e. The predicted molar refractivity (Wildman–Crippen MR) is 64.3 cm³/mol. The van der Waals surface area contributed by atoms with Gasteiger partial charge >= 0.3 is 0 Å². The van der Waals surface area contributed by atoms with Crippen molar-refractivity contribution < 1.29 is 0 Å². The summed E-state index contributed by atoms with van der Waals surface area (Å²) in [5, 5.41) is 0. The van der Waals surface area contributed by atoms with Crippen LogP contribution in [0, 0.1) is 0 Å². The summed E-state index contributed by atoms with van der Waals surface area (Å²) in [5.41, 5.74) is 1.19. The van der Waals surface area contributed by atoms with Gasteiger partial charge in [0.25, 0.3) is 0 Å². The van der Waals surface area contributed by atoms with E-state index >= 15 is 0 Å². The van der Waals surface area contributed by atoms with Crippen LogP contribution in [0.5, 0.6) is 0 Å². The summed E-state index contributed by atoms with van der Waals surface area (Å²) < 4.78 is 0. The molecular formula is C13H18N2. The van der Waals surface area contributed by atoms with E-state index in [2.05, 4.69) is 22.0 Å². The highest BCUT2D eigenvalue weighted by molar-refractivity contribution is 5.79. The van der Waals surface area contributed by atoms with Gasteiger partial charge in [0.2, 0.25) is 0 Å². The van der Waals surface area contributed by atoms with E-state index < -0.39 is 0 Å². The molecule has 0 radical (unpaired) electrons. The highest BCUT2D eigenvalue weighted by atomic mass is 15.2. The van der Waals surface area contributed by atoms with Crippen LogP contribution in [0.25, 0.3) is 0 Å². The van der Waals surface area contributed by atoms with Crippen LogP contribution < -0.4 is 0 Å². The van der Waals surface area contributed by atoms with Gasteiger partial charge in [0.1, 0.15) is 0 Å². The van der Waals surface area contributed by atoms with Gasteiger partial charge in [-0.3, -0.25) is 9.89 Å². The van der Waals surface area contributed by atoms with Crippen LogP contribution in [-0.4, -0.2) is 30.9 Å². The Morgan fingerprint density at radius 2 is 1.80 bits per heavy atom. The maximum Gasteiger partial charge on any atom is 0.0909 e. The lowest BCUT2D eigenvalue weighted by molar-refractivity contribution is 0.236. The minimum atomic E-state index is 0.856. The number of hydrogen-bond donors (Lipinski definition) is 0. The number of aliphatic imine (C=N–C) groups is 1. The Morgan fingerprint density at radius 1 is 1.07 bits per heavy atom. The lowest BCUT2D eigenvalue weighted by Crippen LogP contribution is -2.29. The average molecular weight is 202 g/mol. The summed E-state index contributed by atoms with van der Waals surface area (Å²) in [6.45, 7) is 3.28. The van der Waals surface area contributed by atoms with Gasteiger partial charge in [-0.25, -0.2) is 0 Å². The molecule has 1 aromatic rings. The fourth-order valence-corrected chi connectivity index (χ4v) is 1.90. The van der Waals surface area contributed by atoms with Crippen LogP contribution in [-0.2, 0) is 0 Å². The van der Waals surface area contributed by atoms with Crippen LogP contribution >= 0.6 is 0 Å². The zero-order chi connectivity index (χ0) is 10.3. The molecule has 15 heavy (non-hydrogen) atoms. The van der Waals surface area contributed by atoms with E-state index in [0.717, 1.165) is 6.67 Å². The number of likely N-dealkylation sites (tertiary alicyclic amines) is 1. The molecule has 0 spiro atoms. The Hall–Kier alpha value is -1.15. The maximum absolute atomic E-state index is 4.47. The first-order chi connectivity index (χ1) is 7.45. The van der Waals surface area contributed by atoms with Crippen molar-refractivity contribution in [1.82, 2.24) is 4.90 Å². The second-order valence-electron chi connectivity index (χ2n) is 4.04. The van der Waals surface area contributed by atoms with Gasteiger partial charge in [0.05, 0.1) is 6.67 Å². The third kappa shape index (κ3) is 3.48. The van der Waals surface area contributed by atoms with E-state index in [0.29, 0.717) is 0 Å². The van der Waals surface area contributed by atoms with Crippen molar-refractivity contribution in [2.24, 2.45) is 4.99 Å². The molecule has 1 aliphatic heterocycles. The highest BCUT2D eigenvalue weighted by Gasteiger charge is 2.07. The minimum absolute atomic E-state index is 0.856. The Balaban J connectivity index is 1.79. The molecular weight excluding hydrogens is 184 g/mol. The van der Waals surface area contributed by atoms with Gasteiger partial charge in [0.15, 0.2) is 0 Å². The number of rotatable bonds is 3. The van der Waals surface area contributed by atoms with Crippen molar-refractivity contribution in [2.45, 2.75) is 19.3 Å². The van der Waals surface area contributed by atoms with Gasteiger partial charge in [-0.2, -0.15) is 0 Å². The first-order valence-electron chi connectivity index (χ1n) is 5.72. The van der Waals surface area contributed by atoms with Crippen molar-refractivity contribution in [1.29, 1.82) is 0 Å². The number of benzene rings is 1. The van der Waals surface area contributed by atoms with Gasteiger partial charge in [-0.15, -0.1) is 0 Å². The third-order valence-corrected chi connectivity index (χ3v) is 2.77. The quantitative estimate of drug-likeness (QED) is 0.688. The Labute approximate surface area is 91.6 Å². The van der Waals surface area contributed by atoms with Crippen LogP contribution in [0.2, 0.25) is 0 Å². The van der Waals surface area contributed by atoms with E-state index in [9.17, 15) is 0 Å².